The van der Waals surface area contributed by atoms with Gasteiger partial charge in [-0.1, -0.05) is 28.1 Å². The van der Waals surface area contributed by atoms with Crippen LogP contribution in [0.5, 0.6) is 5.88 Å². The van der Waals surface area contributed by atoms with Gasteiger partial charge in [0, 0.05) is 10.0 Å². The predicted octanol–water partition coefficient (Wildman–Crippen LogP) is -0.220. The van der Waals surface area contributed by atoms with Crippen LogP contribution in [0, 0.1) is 0 Å². The minimum Gasteiger partial charge on any atom is -0.836 e. The van der Waals surface area contributed by atoms with E-state index in [1.807, 2.05) is 0 Å². The molecule has 0 amide bonds. The highest BCUT2D eigenvalue weighted by molar-refractivity contribution is 9.10. The lowest BCUT2D eigenvalue weighted by Crippen LogP contribution is -2.46. The number of rotatable bonds is 5. The van der Waals surface area contributed by atoms with Gasteiger partial charge in [0.1, 0.15) is 5.21 Å². The zero-order chi connectivity index (χ0) is 16.3. The van der Waals surface area contributed by atoms with Gasteiger partial charge in [0.2, 0.25) is 5.78 Å². The van der Waals surface area contributed by atoms with E-state index in [2.05, 4.69) is 21.1 Å². The van der Waals surface area contributed by atoms with Gasteiger partial charge >= 0.3 is 5.97 Å². The number of esters is 1. The van der Waals surface area contributed by atoms with E-state index >= 15 is 0 Å². The largest absolute Gasteiger partial charge is 0.836 e. The Labute approximate surface area is 134 Å². The minimum absolute atomic E-state index is 0.0919. The summed E-state index contributed by atoms with van der Waals surface area (Å²) in [5, 5.41) is 15.5. The topological polar surface area (TPSA) is 114 Å². The Morgan fingerprint density at radius 3 is 2.64 bits per heavy atom. The highest BCUT2D eigenvalue weighted by Gasteiger charge is 2.28. The molecule has 2 aromatic rings. The number of ketones is 1. The van der Waals surface area contributed by atoms with Crippen LogP contribution in [0.15, 0.2) is 28.7 Å². The van der Waals surface area contributed by atoms with Gasteiger partial charge in [-0.05, 0) is 23.8 Å². The monoisotopic (exact) mass is 368 g/mol. The summed E-state index contributed by atoms with van der Waals surface area (Å²) in [4.78, 5) is 24.5. The first kappa shape index (κ1) is 16.0. The van der Waals surface area contributed by atoms with Gasteiger partial charge in [0.25, 0.3) is 5.69 Å². The third-order valence-corrected chi connectivity index (χ3v) is 3.33. The fraction of sp³-hybridized carbons (Fsp3) is 0.231. The highest BCUT2D eigenvalue weighted by Crippen LogP contribution is 2.12. The number of aromatic nitrogens is 3. The molecule has 0 spiro atoms. The number of halogens is 1. The summed E-state index contributed by atoms with van der Waals surface area (Å²) in [6, 6.07) is 6.67. The Kier molecular flexibility index (Phi) is 4.76. The summed E-state index contributed by atoms with van der Waals surface area (Å²) in [6.07, 6.45) is 0. The summed E-state index contributed by atoms with van der Waals surface area (Å²) in [6.45, 7) is 1.40. The molecule has 0 saturated heterocycles. The highest BCUT2D eigenvalue weighted by atomic mass is 79.9. The van der Waals surface area contributed by atoms with Gasteiger partial charge in [-0.2, -0.15) is 0 Å². The molecule has 0 fully saturated rings. The van der Waals surface area contributed by atoms with Crippen molar-refractivity contribution in [1.82, 2.24) is 10.0 Å². The molecule has 0 bridgehead atoms. The molecular weight excluding hydrogens is 356 g/mol. The smallest absolute Gasteiger partial charge is 0.383 e. The lowest BCUT2D eigenvalue weighted by molar-refractivity contribution is -0.745. The number of carbonyl (C=O) groups is 2. The van der Waals surface area contributed by atoms with Gasteiger partial charge < -0.3 is 9.84 Å². The first-order valence-corrected chi connectivity index (χ1v) is 7.14. The Hall–Kier alpha value is -2.42. The molecule has 1 aromatic carbocycles. The molecule has 116 valence electrons. The maximum atomic E-state index is 12.2. The van der Waals surface area contributed by atoms with E-state index in [1.54, 1.807) is 31.2 Å². The Morgan fingerprint density at radius 2 is 2.05 bits per heavy atom. The molecule has 0 aliphatic carbocycles. The molecule has 0 radical (unpaired) electrons. The van der Waals surface area contributed by atoms with Crippen LogP contribution in [0.4, 0.5) is 0 Å². The number of Topliss-reactive ketones (excluding diaryl/α,β-unsaturated/α-hetero) is 1. The Balaban J connectivity index is 2.29. The number of hydrogen-bond donors (Lipinski definition) is 1. The van der Waals surface area contributed by atoms with E-state index in [9.17, 15) is 14.7 Å². The number of nitrogen functional groups attached to an aromatic ring is 1. The van der Waals surface area contributed by atoms with Gasteiger partial charge in [-0.3, -0.25) is 4.79 Å². The van der Waals surface area contributed by atoms with Crippen LogP contribution in [0.25, 0.3) is 0 Å². The van der Waals surface area contributed by atoms with Crippen molar-refractivity contribution in [2.45, 2.75) is 13.5 Å². The van der Waals surface area contributed by atoms with Crippen molar-refractivity contribution in [2.75, 3.05) is 12.4 Å². The molecule has 0 saturated carbocycles. The first-order chi connectivity index (χ1) is 10.4. The molecule has 1 aromatic heterocycles. The molecular formula is C13H13BrN4O4. The van der Waals surface area contributed by atoms with Crippen LogP contribution >= 0.6 is 15.9 Å². The number of benzene rings is 1. The van der Waals surface area contributed by atoms with Gasteiger partial charge in [0.05, 0.1) is 6.61 Å². The summed E-state index contributed by atoms with van der Waals surface area (Å²) in [5.41, 5.74) is 0.0411. The van der Waals surface area contributed by atoms with Crippen molar-refractivity contribution >= 4 is 27.7 Å². The normalized spacial score (nSPS) is 10.5. The SMILES string of the molecule is CCOC(=O)c1c([O-])n(N)n[n+]1CC(=O)c1ccc(Br)cc1. The van der Waals surface area contributed by atoms with Crippen LogP contribution in [0.1, 0.15) is 27.8 Å². The standard InChI is InChI=1S/C13H13BrN4O4/c1-2-22-13(21)11-12(20)18(15)16-17(11)7-10(19)8-3-5-9(14)6-4-8/h3-6H,2,7H2,1H3,(H2-,15,16,20,21). The van der Waals surface area contributed by atoms with Crippen molar-refractivity contribution in [3.05, 3.63) is 40.0 Å². The lowest BCUT2D eigenvalue weighted by atomic mass is 10.1. The molecule has 1 heterocycles. The number of nitrogens with zero attached hydrogens (tertiary/aromatic N) is 3. The fourth-order valence-electron chi connectivity index (χ4n) is 1.79. The van der Waals surface area contributed by atoms with Crippen molar-refractivity contribution < 1.29 is 24.1 Å². The van der Waals surface area contributed by atoms with Gasteiger partial charge in [0.15, 0.2) is 12.4 Å². The summed E-state index contributed by atoms with van der Waals surface area (Å²) >= 11 is 3.27. The molecule has 0 aliphatic heterocycles. The third kappa shape index (κ3) is 3.25. The number of nitrogens with two attached hydrogens (primary N) is 1. The van der Waals surface area contributed by atoms with E-state index in [-0.39, 0.29) is 24.6 Å². The molecule has 2 N–H and O–H groups in total. The van der Waals surface area contributed by atoms with E-state index in [0.717, 1.165) is 9.15 Å². The average molecular weight is 369 g/mol. The molecule has 0 atom stereocenters. The molecule has 0 unspecified atom stereocenters. The van der Waals surface area contributed by atoms with E-state index < -0.39 is 11.8 Å². The average Bonchev–Trinajstić information content (AvgIpc) is 2.74. The van der Waals surface area contributed by atoms with E-state index in [4.69, 9.17) is 10.6 Å². The van der Waals surface area contributed by atoms with Crippen LogP contribution in [-0.2, 0) is 11.3 Å². The lowest BCUT2D eigenvalue weighted by Gasteiger charge is -2.03. The van der Waals surface area contributed by atoms with Crippen molar-refractivity contribution in [3.8, 4) is 5.88 Å². The second-order valence-electron chi connectivity index (χ2n) is 4.30. The van der Waals surface area contributed by atoms with Gasteiger partial charge in [-0.25, -0.2) is 10.6 Å². The Morgan fingerprint density at radius 1 is 1.41 bits per heavy atom. The van der Waals surface area contributed by atoms with Crippen LogP contribution in [0.2, 0.25) is 0 Å². The van der Waals surface area contributed by atoms with Crippen molar-refractivity contribution in [1.29, 1.82) is 0 Å². The van der Waals surface area contributed by atoms with E-state index in [1.165, 1.54) is 0 Å². The van der Waals surface area contributed by atoms with Crippen LogP contribution in [-0.4, -0.2) is 28.4 Å². The molecule has 22 heavy (non-hydrogen) atoms. The third-order valence-electron chi connectivity index (χ3n) is 2.80. The molecule has 0 aliphatic rings. The van der Waals surface area contributed by atoms with Crippen molar-refractivity contribution in [2.24, 2.45) is 0 Å². The molecule has 9 heteroatoms. The predicted molar refractivity (Wildman–Crippen MR) is 76.4 cm³/mol. The Bertz CT molecular complexity index is 712. The second kappa shape index (κ2) is 6.56. The summed E-state index contributed by atoms with van der Waals surface area (Å²) < 4.78 is 6.56. The zero-order valence-corrected chi connectivity index (χ0v) is 13.2. The molecule has 8 nitrogen and oxygen atoms in total. The maximum Gasteiger partial charge on any atom is 0.383 e. The van der Waals surface area contributed by atoms with Gasteiger partial charge in [-0.15, -0.1) is 4.68 Å². The van der Waals surface area contributed by atoms with E-state index in [0.29, 0.717) is 10.4 Å². The van der Waals surface area contributed by atoms with Crippen molar-refractivity contribution in [3.63, 3.8) is 0 Å². The van der Waals surface area contributed by atoms with Crippen LogP contribution < -0.4 is 15.6 Å². The zero-order valence-electron chi connectivity index (χ0n) is 11.7. The number of carbonyl (C=O) groups excluding carboxylic acids is 2. The molecule has 2 rings (SSSR count). The minimum atomic E-state index is -0.868. The maximum absolute atomic E-state index is 12.2. The summed E-state index contributed by atoms with van der Waals surface area (Å²) in [7, 11) is 0. The quantitative estimate of drug-likeness (QED) is 0.337. The second-order valence-corrected chi connectivity index (χ2v) is 5.21. The number of ether oxygens (including phenoxy) is 1. The van der Waals surface area contributed by atoms with Crippen LogP contribution in [0.3, 0.4) is 0 Å². The summed E-state index contributed by atoms with van der Waals surface area (Å²) in [5.74, 6) is 3.35. The fourth-order valence-corrected chi connectivity index (χ4v) is 2.05. The first-order valence-electron chi connectivity index (χ1n) is 6.35. The number of hydrogen-bond acceptors (Lipinski definition) is 6.